The summed E-state index contributed by atoms with van der Waals surface area (Å²) in [6.07, 6.45) is 0.470. The monoisotopic (exact) mass is 376 g/mol. The Bertz CT molecular complexity index is 1120. The molecule has 4 rings (SSSR count). The number of H-pyrrole nitrogens is 1. The van der Waals surface area contributed by atoms with Gasteiger partial charge in [0.05, 0.1) is 23.2 Å². The van der Waals surface area contributed by atoms with Crippen molar-refractivity contribution in [1.29, 1.82) is 0 Å². The van der Waals surface area contributed by atoms with E-state index in [-0.39, 0.29) is 29.1 Å². The van der Waals surface area contributed by atoms with E-state index in [1.165, 1.54) is 12.1 Å². The third-order valence-corrected chi connectivity index (χ3v) is 6.23. The van der Waals surface area contributed by atoms with Gasteiger partial charge < -0.3 is 10.3 Å². The second-order valence-electron chi connectivity index (χ2n) is 6.54. The maximum absolute atomic E-state index is 13.3. The van der Waals surface area contributed by atoms with Crippen LogP contribution in [0.3, 0.4) is 0 Å². The van der Waals surface area contributed by atoms with Gasteiger partial charge in [0.15, 0.2) is 9.84 Å². The van der Waals surface area contributed by atoms with E-state index in [1.54, 1.807) is 29.8 Å². The number of rotatable bonds is 3. The normalized spacial score (nSPS) is 19.1. The van der Waals surface area contributed by atoms with E-state index in [4.69, 9.17) is 0 Å². The van der Waals surface area contributed by atoms with Gasteiger partial charge in [-0.05, 0) is 37.6 Å². The van der Waals surface area contributed by atoms with Crippen LogP contribution in [0.25, 0.3) is 10.9 Å². The molecule has 1 aliphatic heterocycles. The fourth-order valence-electron chi connectivity index (χ4n) is 3.27. The highest BCUT2D eigenvalue weighted by molar-refractivity contribution is 7.91. The van der Waals surface area contributed by atoms with E-state index in [0.29, 0.717) is 28.8 Å². The average Bonchev–Trinajstić information content (AvgIpc) is 3.23. The molecule has 0 bridgehead atoms. The summed E-state index contributed by atoms with van der Waals surface area (Å²) < 4.78 is 38.4. The van der Waals surface area contributed by atoms with E-state index in [0.717, 1.165) is 0 Å². The van der Waals surface area contributed by atoms with Gasteiger partial charge in [-0.25, -0.2) is 17.5 Å². The first-order valence-electron chi connectivity index (χ1n) is 8.17. The highest BCUT2D eigenvalue weighted by Crippen LogP contribution is 2.27. The number of aromatic nitrogens is 3. The maximum atomic E-state index is 13.3. The van der Waals surface area contributed by atoms with Crippen LogP contribution in [-0.4, -0.2) is 40.6 Å². The van der Waals surface area contributed by atoms with E-state index in [9.17, 15) is 17.6 Å². The Kier molecular flexibility index (Phi) is 3.83. The van der Waals surface area contributed by atoms with E-state index in [2.05, 4.69) is 15.4 Å². The second-order valence-corrected chi connectivity index (χ2v) is 8.77. The maximum Gasteiger partial charge on any atom is 0.273 e. The molecular formula is C17H17FN4O3S. The Morgan fingerprint density at radius 1 is 1.35 bits per heavy atom. The molecular weight excluding hydrogens is 359 g/mol. The van der Waals surface area contributed by atoms with Gasteiger partial charge in [-0.1, -0.05) is 0 Å². The van der Waals surface area contributed by atoms with Gasteiger partial charge in [-0.15, -0.1) is 0 Å². The number of hydrogen-bond acceptors (Lipinski definition) is 4. The van der Waals surface area contributed by atoms with Crippen LogP contribution in [0.2, 0.25) is 0 Å². The number of carbonyl (C=O) groups is 1. The Morgan fingerprint density at radius 3 is 2.88 bits per heavy atom. The molecule has 2 aromatic heterocycles. The number of anilines is 1. The van der Waals surface area contributed by atoms with Crippen molar-refractivity contribution in [2.24, 2.45) is 0 Å². The molecule has 1 unspecified atom stereocenters. The van der Waals surface area contributed by atoms with Gasteiger partial charge in [0, 0.05) is 17.0 Å². The number of hydrogen-bond donors (Lipinski definition) is 2. The Hall–Kier alpha value is -2.68. The summed E-state index contributed by atoms with van der Waals surface area (Å²) in [6.45, 7) is 1.78. The molecule has 0 saturated carbocycles. The quantitative estimate of drug-likeness (QED) is 0.734. The lowest BCUT2D eigenvalue weighted by Gasteiger charge is -2.13. The largest absolute Gasteiger partial charge is 0.351 e. The number of aromatic amines is 1. The van der Waals surface area contributed by atoms with Crippen molar-refractivity contribution in [2.45, 2.75) is 19.4 Å². The minimum atomic E-state index is -3.07. The van der Waals surface area contributed by atoms with Crippen molar-refractivity contribution in [3.63, 3.8) is 0 Å². The summed E-state index contributed by atoms with van der Waals surface area (Å²) in [5.41, 5.74) is 1.63. The van der Waals surface area contributed by atoms with Crippen molar-refractivity contribution in [3.8, 4) is 0 Å². The summed E-state index contributed by atoms with van der Waals surface area (Å²) in [6, 6.07) is 7.21. The molecule has 0 radical (unpaired) electrons. The summed E-state index contributed by atoms with van der Waals surface area (Å²) in [5.74, 6) is -0.192. The SMILES string of the molecule is Cc1cc(NC(=O)c2cc3cc(F)ccc3[nH]2)n(C2CCS(=O)(=O)C2)n1. The lowest BCUT2D eigenvalue weighted by molar-refractivity contribution is 0.102. The molecule has 1 atom stereocenters. The van der Waals surface area contributed by atoms with E-state index in [1.807, 2.05) is 0 Å². The number of sulfone groups is 1. The average molecular weight is 376 g/mol. The summed E-state index contributed by atoms with van der Waals surface area (Å²) in [7, 11) is -3.07. The molecule has 1 saturated heterocycles. The first-order chi connectivity index (χ1) is 12.3. The van der Waals surface area contributed by atoms with E-state index >= 15 is 0 Å². The first kappa shape index (κ1) is 16.8. The third-order valence-electron chi connectivity index (χ3n) is 4.48. The molecule has 9 heteroatoms. The van der Waals surface area contributed by atoms with Gasteiger partial charge in [0.2, 0.25) is 0 Å². The van der Waals surface area contributed by atoms with Crippen LogP contribution < -0.4 is 5.32 Å². The molecule has 0 aliphatic carbocycles. The fraction of sp³-hybridized carbons (Fsp3) is 0.294. The Labute approximate surface area is 149 Å². The molecule has 26 heavy (non-hydrogen) atoms. The van der Waals surface area contributed by atoms with Crippen molar-refractivity contribution in [3.05, 3.63) is 47.5 Å². The van der Waals surface area contributed by atoms with Gasteiger partial charge in [0.1, 0.15) is 17.3 Å². The number of nitrogens with one attached hydrogen (secondary N) is 2. The number of halogens is 1. The molecule has 7 nitrogen and oxygen atoms in total. The van der Waals surface area contributed by atoms with Crippen LogP contribution in [-0.2, 0) is 9.84 Å². The lowest BCUT2D eigenvalue weighted by Crippen LogP contribution is -2.19. The van der Waals surface area contributed by atoms with Crippen molar-refractivity contribution < 1.29 is 17.6 Å². The Morgan fingerprint density at radius 2 is 2.15 bits per heavy atom. The van der Waals surface area contributed by atoms with Crippen LogP contribution in [0.1, 0.15) is 28.6 Å². The number of aryl methyl sites for hydroxylation is 1. The highest BCUT2D eigenvalue weighted by Gasteiger charge is 2.31. The topological polar surface area (TPSA) is 96.9 Å². The minimum absolute atomic E-state index is 0.0165. The first-order valence-corrected chi connectivity index (χ1v) is 9.99. The van der Waals surface area contributed by atoms with Crippen molar-refractivity contribution >= 4 is 32.5 Å². The van der Waals surface area contributed by atoms with Crippen LogP contribution >= 0.6 is 0 Å². The highest BCUT2D eigenvalue weighted by atomic mass is 32.2. The van der Waals surface area contributed by atoms with Gasteiger partial charge in [0.25, 0.3) is 5.91 Å². The summed E-state index contributed by atoms with van der Waals surface area (Å²) in [4.78, 5) is 15.5. The van der Waals surface area contributed by atoms with E-state index < -0.39 is 15.7 Å². The number of carbonyl (C=O) groups excluding carboxylic acids is 1. The number of fused-ring (bicyclic) bond motifs is 1. The zero-order valence-electron chi connectivity index (χ0n) is 14.0. The fourth-order valence-corrected chi connectivity index (χ4v) is 4.96. The predicted molar refractivity (Wildman–Crippen MR) is 95.5 cm³/mol. The van der Waals surface area contributed by atoms with Crippen molar-refractivity contribution in [2.75, 3.05) is 16.8 Å². The van der Waals surface area contributed by atoms with Crippen molar-refractivity contribution in [1.82, 2.24) is 14.8 Å². The molecule has 1 amide bonds. The van der Waals surface area contributed by atoms with Crippen LogP contribution in [0.4, 0.5) is 10.2 Å². The van der Waals surface area contributed by atoms with Crippen LogP contribution in [0.15, 0.2) is 30.3 Å². The van der Waals surface area contributed by atoms with Gasteiger partial charge in [-0.2, -0.15) is 5.10 Å². The molecule has 1 fully saturated rings. The molecule has 3 aromatic rings. The number of amides is 1. The summed E-state index contributed by atoms with van der Waals surface area (Å²) in [5, 5.41) is 7.70. The summed E-state index contributed by atoms with van der Waals surface area (Å²) >= 11 is 0. The molecule has 1 aliphatic rings. The number of nitrogens with zero attached hydrogens (tertiary/aromatic N) is 2. The standard InChI is InChI=1S/C17H17FN4O3S/c1-10-6-16(22(21-10)13-4-5-26(24,25)9-13)20-17(23)15-8-11-7-12(18)2-3-14(11)19-15/h2-3,6-8,13,19H,4-5,9H2,1H3,(H,20,23). The Balaban J connectivity index is 1.61. The molecule has 3 heterocycles. The second kappa shape index (κ2) is 5.94. The third kappa shape index (κ3) is 3.10. The van der Waals surface area contributed by atoms with Gasteiger partial charge >= 0.3 is 0 Å². The zero-order valence-corrected chi connectivity index (χ0v) is 14.8. The lowest BCUT2D eigenvalue weighted by atomic mass is 10.2. The van der Waals surface area contributed by atoms with Crippen LogP contribution in [0, 0.1) is 12.7 Å². The molecule has 2 N–H and O–H groups in total. The van der Waals surface area contributed by atoms with Crippen LogP contribution in [0.5, 0.6) is 0 Å². The zero-order chi connectivity index (χ0) is 18.5. The predicted octanol–water partition coefficient (Wildman–Crippen LogP) is 2.42. The number of benzene rings is 1. The smallest absolute Gasteiger partial charge is 0.273 e. The minimum Gasteiger partial charge on any atom is -0.351 e. The molecule has 1 aromatic carbocycles. The van der Waals surface area contributed by atoms with Gasteiger partial charge in [-0.3, -0.25) is 4.79 Å². The molecule has 136 valence electrons. The molecule has 0 spiro atoms.